The third-order valence-corrected chi connectivity index (χ3v) is 7.59. The van der Waals surface area contributed by atoms with Crippen molar-refractivity contribution < 1.29 is 14.6 Å². The van der Waals surface area contributed by atoms with Gasteiger partial charge in [0.1, 0.15) is 0 Å². The first-order valence-corrected chi connectivity index (χ1v) is 14.6. The zero-order chi connectivity index (χ0) is 22.2. The molecule has 3 nitrogen and oxygen atoms in total. The molecular weight excluding hydrogens is 376 g/mol. The van der Waals surface area contributed by atoms with Crippen LogP contribution in [0.5, 0.6) is 0 Å². The third-order valence-electron chi connectivity index (χ3n) is 5.89. The Hall–Kier alpha value is -1.39. The van der Waals surface area contributed by atoms with Gasteiger partial charge in [-0.15, -0.1) is 0 Å². The molecule has 1 aliphatic carbocycles. The maximum absolute atomic E-state index is 11.9. The van der Waals surface area contributed by atoms with Gasteiger partial charge in [-0.1, -0.05) is 76.4 Å². The van der Waals surface area contributed by atoms with E-state index < -0.39 is 8.07 Å². The van der Waals surface area contributed by atoms with E-state index in [4.69, 9.17) is 4.74 Å². The molecule has 1 N–H and O–H groups in total. The highest BCUT2D eigenvalue weighted by atomic mass is 28.3. The summed E-state index contributed by atoms with van der Waals surface area (Å²) in [5.41, 5.74) is 2.23. The van der Waals surface area contributed by atoms with Gasteiger partial charge in [0.05, 0.1) is 12.7 Å². The molecule has 0 amide bonds. The van der Waals surface area contributed by atoms with Crippen molar-refractivity contribution in [3.05, 3.63) is 47.6 Å². The molecule has 1 fully saturated rings. The van der Waals surface area contributed by atoms with Gasteiger partial charge >= 0.3 is 5.97 Å². The Labute approximate surface area is 179 Å². The molecule has 0 aliphatic heterocycles. The second kappa shape index (κ2) is 11.1. The lowest BCUT2D eigenvalue weighted by molar-refractivity contribution is -0.137. The summed E-state index contributed by atoms with van der Waals surface area (Å²) < 4.78 is 5.30. The van der Waals surface area contributed by atoms with Gasteiger partial charge in [0.15, 0.2) is 0 Å². The van der Waals surface area contributed by atoms with Crippen molar-refractivity contribution in [3.63, 3.8) is 0 Å². The van der Waals surface area contributed by atoms with Crippen molar-refractivity contribution in [1.29, 1.82) is 0 Å². The molecule has 3 unspecified atom stereocenters. The summed E-state index contributed by atoms with van der Waals surface area (Å²) in [5, 5.41) is 10.2. The van der Waals surface area contributed by atoms with E-state index in [9.17, 15) is 9.90 Å². The number of carbonyl (C=O) groups excluding carboxylic acids is 1. The van der Waals surface area contributed by atoms with E-state index in [1.165, 1.54) is 0 Å². The average Bonchev–Trinajstić information content (AvgIpc) is 2.57. The van der Waals surface area contributed by atoms with Gasteiger partial charge in [-0.3, -0.25) is 0 Å². The van der Waals surface area contributed by atoms with E-state index in [1.54, 1.807) is 6.08 Å². The molecule has 0 aromatic carbocycles. The molecule has 4 heteroatoms. The van der Waals surface area contributed by atoms with Crippen molar-refractivity contribution in [2.75, 3.05) is 6.61 Å². The van der Waals surface area contributed by atoms with Crippen LogP contribution in [-0.4, -0.2) is 31.9 Å². The third kappa shape index (κ3) is 9.77. The second-order valence-electron chi connectivity index (χ2n) is 10.5. The molecule has 3 atom stereocenters. The smallest absolute Gasteiger partial charge is 0.330 e. The number of hydrogen-bond donors (Lipinski definition) is 1. The number of rotatable bonds is 8. The number of allylic oxidation sites excluding steroid dienone is 7. The number of aliphatic hydroxyl groups is 1. The molecule has 0 aromatic rings. The monoisotopic (exact) mass is 418 g/mol. The molecule has 1 rings (SSSR count). The molecule has 29 heavy (non-hydrogen) atoms. The highest BCUT2D eigenvalue weighted by Gasteiger charge is 2.39. The van der Waals surface area contributed by atoms with Gasteiger partial charge in [-0.2, -0.15) is 0 Å². The fraction of sp³-hybridized carbons (Fsp3) is 0.640. The quantitative estimate of drug-likeness (QED) is 0.217. The standard InChI is InChI=1S/C25H42O3Si/c1-19(12-13-22-21(3)23(26)14-15-25(22,4)5)10-9-11-20(2)18-24(27)28-16-17-29(6,7)8/h9-13,18,21-23,26H,14-17H2,1-8H3/b11-9+,13-12+,19-10+,20-18+. The van der Waals surface area contributed by atoms with Crippen molar-refractivity contribution in [2.24, 2.45) is 17.3 Å². The van der Waals surface area contributed by atoms with Crippen molar-refractivity contribution in [1.82, 2.24) is 0 Å². The zero-order valence-corrected chi connectivity index (χ0v) is 20.8. The van der Waals surface area contributed by atoms with E-state index in [0.717, 1.165) is 30.0 Å². The molecule has 164 valence electrons. The van der Waals surface area contributed by atoms with Gasteiger partial charge in [0, 0.05) is 14.1 Å². The van der Waals surface area contributed by atoms with Crippen LogP contribution in [0.1, 0.15) is 47.5 Å². The molecule has 0 saturated heterocycles. The highest BCUT2D eigenvalue weighted by molar-refractivity contribution is 6.76. The molecule has 1 saturated carbocycles. The minimum absolute atomic E-state index is 0.208. The molecule has 0 radical (unpaired) electrons. The first-order valence-electron chi connectivity index (χ1n) is 10.9. The summed E-state index contributed by atoms with van der Waals surface area (Å²) >= 11 is 0. The summed E-state index contributed by atoms with van der Waals surface area (Å²) in [6.07, 6.45) is 13.6. The van der Waals surface area contributed by atoms with Crippen molar-refractivity contribution in [3.8, 4) is 0 Å². The lowest BCUT2D eigenvalue weighted by Crippen LogP contribution is -2.40. The largest absolute Gasteiger partial charge is 0.463 e. The van der Waals surface area contributed by atoms with Crippen LogP contribution < -0.4 is 0 Å². The highest BCUT2D eigenvalue weighted by Crippen LogP contribution is 2.44. The van der Waals surface area contributed by atoms with E-state index in [0.29, 0.717) is 12.5 Å². The van der Waals surface area contributed by atoms with Crippen LogP contribution in [0.2, 0.25) is 25.7 Å². The van der Waals surface area contributed by atoms with Crippen molar-refractivity contribution >= 4 is 14.0 Å². The van der Waals surface area contributed by atoms with Gasteiger partial charge in [-0.25, -0.2) is 4.79 Å². The zero-order valence-electron chi connectivity index (χ0n) is 19.8. The number of carbonyl (C=O) groups is 1. The number of esters is 1. The minimum Gasteiger partial charge on any atom is -0.463 e. The summed E-state index contributed by atoms with van der Waals surface area (Å²) in [5.74, 6) is 0.375. The molecular formula is C25H42O3Si. The van der Waals surface area contributed by atoms with Crippen LogP contribution in [0.25, 0.3) is 0 Å². The Kier molecular flexibility index (Phi) is 9.83. The maximum atomic E-state index is 11.9. The van der Waals surface area contributed by atoms with E-state index in [1.807, 2.05) is 25.2 Å². The van der Waals surface area contributed by atoms with Crippen molar-refractivity contribution in [2.45, 2.75) is 79.2 Å². The Balaban J connectivity index is 2.61. The Morgan fingerprint density at radius 2 is 1.83 bits per heavy atom. The SMILES string of the molecule is CC(/C=C/C1C(C)C(O)CCC1(C)C)=C\C=C\C(C)=C\C(=O)OCC[Si](C)(C)C. The van der Waals surface area contributed by atoms with Crippen LogP contribution in [0, 0.1) is 17.3 Å². The van der Waals surface area contributed by atoms with Gasteiger partial charge in [0.25, 0.3) is 0 Å². The minimum atomic E-state index is -1.18. The van der Waals surface area contributed by atoms with Gasteiger partial charge in [-0.05, 0) is 55.6 Å². The molecule has 0 spiro atoms. The maximum Gasteiger partial charge on any atom is 0.330 e. The Morgan fingerprint density at radius 3 is 2.45 bits per heavy atom. The van der Waals surface area contributed by atoms with Gasteiger partial charge < -0.3 is 9.84 Å². The first-order chi connectivity index (χ1) is 13.3. The molecule has 0 heterocycles. The predicted octanol–water partition coefficient (Wildman–Crippen LogP) is 6.31. The summed E-state index contributed by atoms with van der Waals surface area (Å²) in [6.45, 7) is 18.0. The average molecular weight is 419 g/mol. The second-order valence-corrected chi connectivity index (χ2v) is 16.1. The van der Waals surface area contributed by atoms with E-state index >= 15 is 0 Å². The van der Waals surface area contributed by atoms with Crippen LogP contribution in [0.3, 0.4) is 0 Å². The lowest BCUT2D eigenvalue weighted by atomic mass is 9.63. The predicted molar refractivity (Wildman–Crippen MR) is 127 cm³/mol. The summed E-state index contributed by atoms with van der Waals surface area (Å²) in [7, 11) is -1.18. The molecule has 0 bridgehead atoms. The Morgan fingerprint density at radius 1 is 1.17 bits per heavy atom. The lowest BCUT2D eigenvalue weighted by Gasteiger charge is -2.44. The van der Waals surface area contributed by atoms with E-state index in [-0.39, 0.29) is 23.4 Å². The molecule has 1 aliphatic rings. The Bertz CT molecular complexity index is 662. The fourth-order valence-electron chi connectivity index (χ4n) is 3.73. The van der Waals surface area contributed by atoms with Gasteiger partial charge in [0.2, 0.25) is 0 Å². The summed E-state index contributed by atoms with van der Waals surface area (Å²) in [6, 6.07) is 0.989. The first kappa shape index (κ1) is 25.6. The molecule has 0 aromatic heterocycles. The van der Waals surface area contributed by atoms with E-state index in [2.05, 4.69) is 59.5 Å². The van der Waals surface area contributed by atoms with Crippen LogP contribution in [0.4, 0.5) is 0 Å². The topological polar surface area (TPSA) is 46.5 Å². The van der Waals surface area contributed by atoms with Crippen LogP contribution >= 0.6 is 0 Å². The van der Waals surface area contributed by atoms with Crippen LogP contribution in [-0.2, 0) is 9.53 Å². The normalized spacial score (nSPS) is 26.3. The number of aliphatic hydroxyl groups excluding tert-OH is 1. The number of hydrogen-bond acceptors (Lipinski definition) is 3. The fourth-order valence-corrected chi connectivity index (χ4v) is 4.45. The number of ether oxygens (including phenoxy) is 1. The summed E-state index contributed by atoms with van der Waals surface area (Å²) in [4.78, 5) is 11.9. The van der Waals surface area contributed by atoms with Crippen LogP contribution in [0.15, 0.2) is 47.6 Å².